The summed E-state index contributed by atoms with van der Waals surface area (Å²) in [4.78, 5) is 0. The number of nitrogens with one attached hydrogen (secondary N) is 1. The van der Waals surface area contributed by atoms with Crippen LogP contribution in [0.1, 0.15) is 37.4 Å². The minimum Gasteiger partial charge on any atom is -0.496 e. The molecule has 1 rings (SSSR count). The van der Waals surface area contributed by atoms with Crippen molar-refractivity contribution in [3.05, 3.63) is 29.3 Å². The molecule has 0 aliphatic rings. The number of hydrogen-bond acceptors (Lipinski definition) is 3. The summed E-state index contributed by atoms with van der Waals surface area (Å²) in [6.45, 7) is 6.53. The Kier molecular flexibility index (Phi) is 6.58. The van der Waals surface area contributed by atoms with Crippen molar-refractivity contribution in [1.82, 2.24) is 5.32 Å². The highest BCUT2D eigenvalue weighted by Gasteiger charge is 2.13. The second-order valence-corrected chi connectivity index (χ2v) is 5.80. The highest BCUT2D eigenvalue weighted by Crippen LogP contribution is 2.26. The fourth-order valence-electron chi connectivity index (χ4n) is 2.07. The van der Waals surface area contributed by atoms with Gasteiger partial charge in [0.05, 0.1) is 7.11 Å². The van der Waals surface area contributed by atoms with Crippen molar-refractivity contribution in [2.75, 3.05) is 19.1 Å². The lowest BCUT2D eigenvalue weighted by Gasteiger charge is -2.22. The maximum atomic E-state index is 5.47. The van der Waals surface area contributed by atoms with E-state index in [1.54, 1.807) is 7.11 Å². The molecule has 0 aromatic heterocycles. The van der Waals surface area contributed by atoms with Crippen molar-refractivity contribution >= 4 is 11.8 Å². The van der Waals surface area contributed by atoms with Gasteiger partial charge in [-0.1, -0.05) is 12.1 Å². The van der Waals surface area contributed by atoms with Gasteiger partial charge in [-0.05, 0) is 50.8 Å². The Balaban J connectivity index is 2.68. The zero-order chi connectivity index (χ0) is 13.5. The first-order valence-electron chi connectivity index (χ1n) is 6.48. The topological polar surface area (TPSA) is 21.3 Å². The third-order valence-corrected chi connectivity index (χ3v) is 3.79. The van der Waals surface area contributed by atoms with E-state index < -0.39 is 0 Å². The summed E-state index contributed by atoms with van der Waals surface area (Å²) in [6, 6.07) is 7.24. The van der Waals surface area contributed by atoms with E-state index in [4.69, 9.17) is 4.74 Å². The molecule has 0 saturated carbocycles. The number of thioether (sulfide) groups is 1. The van der Waals surface area contributed by atoms with Gasteiger partial charge in [0.25, 0.3) is 0 Å². The number of methoxy groups -OCH3 is 1. The summed E-state index contributed by atoms with van der Waals surface area (Å²) in [5, 5.41) is 3.63. The number of rotatable bonds is 7. The zero-order valence-electron chi connectivity index (χ0n) is 12.1. The highest BCUT2D eigenvalue weighted by atomic mass is 32.2. The molecule has 0 amide bonds. The molecule has 0 heterocycles. The summed E-state index contributed by atoms with van der Waals surface area (Å²) in [5.74, 6) is 2.18. The number of benzene rings is 1. The maximum Gasteiger partial charge on any atom is 0.123 e. The third kappa shape index (κ3) is 4.54. The van der Waals surface area contributed by atoms with Crippen LogP contribution in [0.3, 0.4) is 0 Å². The van der Waals surface area contributed by atoms with Gasteiger partial charge in [0, 0.05) is 17.6 Å². The Morgan fingerprint density at radius 2 is 2.06 bits per heavy atom. The van der Waals surface area contributed by atoms with Crippen molar-refractivity contribution in [3.8, 4) is 5.75 Å². The zero-order valence-corrected chi connectivity index (χ0v) is 12.9. The molecule has 2 unspecified atom stereocenters. The molecule has 102 valence electrons. The van der Waals surface area contributed by atoms with Gasteiger partial charge >= 0.3 is 0 Å². The van der Waals surface area contributed by atoms with Crippen molar-refractivity contribution in [3.63, 3.8) is 0 Å². The van der Waals surface area contributed by atoms with E-state index in [2.05, 4.69) is 50.5 Å². The first kappa shape index (κ1) is 15.4. The molecule has 3 heteroatoms. The molecule has 0 fully saturated rings. The Labute approximate surface area is 116 Å². The third-order valence-electron chi connectivity index (χ3n) is 3.14. The monoisotopic (exact) mass is 267 g/mol. The van der Waals surface area contributed by atoms with Crippen molar-refractivity contribution < 1.29 is 4.74 Å². The second-order valence-electron chi connectivity index (χ2n) is 4.82. The van der Waals surface area contributed by atoms with E-state index in [1.807, 2.05) is 11.8 Å². The molecule has 0 aliphatic carbocycles. The van der Waals surface area contributed by atoms with Gasteiger partial charge in [0.15, 0.2) is 0 Å². The van der Waals surface area contributed by atoms with Crippen molar-refractivity contribution in [1.29, 1.82) is 0 Å². The normalized spacial score (nSPS) is 14.3. The van der Waals surface area contributed by atoms with Gasteiger partial charge in [-0.15, -0.1) is 0 Å². The van der Waals surface area contributed by atoms with E-state index in [9.17, 15) is 0 Å². The van der Waals surface area contributed by atoms with E-state index in [0.29, 0.717) is 12.1 Å². The largest absolute Gasteiger partial charge is 0.496 e. The Bertz CT molecular complexity index is 368. The maximum absolute atomic E-state index is 5.47. The highest BCUT2D eigenvalue weighted by molar-refractivity contribution is 7.98. The summed E-state index contributed by atoms with van der Waals surface area (Å²) in [5.41, 5.74) is 2.47. The molecule has 2 atom stereocenters. The number of hydrogen-bond donors (Lipinski definition) is 1. The van der Waals surface area contributed by atoms with Gasteiger partial charge in [0.1, 0.15) is 5.75 Å². The van der Waals surface area contributed by atoms with Crippen LogP contribution in [0, 0.1) is 6.92 Å². The Morgan fingerprint density at radius 1 is 1.33 bits per heavy atom. The standard InChI is InChI=1S/C15H25NOS/c1-11-6-7-14(15(10-11)17-4)13(3)16-12(2)8-9-18-5/h6-7,10,12-13,16H,8-9H2,1-5H3. The quantitative estimate of drug-likeness (QED) is 0.812. The van der Waals surface area contributed by atoms with Crippen LogP contribution >= 0.6 is 11.8 Å². The summed E-state index contributed by atoms with van der Waals surface area (Å²) in [7, 11) is 1.74. The lowest BCUT2D eigenvalue weighted by molar-refractivity contribution is 0.394. The molecular weight excluding hydrogens is 242 g/mol. The van der Waals surface area contributed by atoms with Gasteiger partial charge in [-0.3, -0.25) is 0 Å². The summed E-state index contributed by atoms with van der Waals surface area (Å²) < 4.78 is 5.47. The number of ether oxygens (including phenoxy) is 1. The molecule has 0 bridgehead atoms. The molecule has 0 radical (unpaired) electrons. The van der Waals surface area contributed by atoms with Crippen LogP contribution in [0.25, 0.3) is 0 Å². The minimum atomic E-state index is 0.317. The molecule has 0 saturated heterocycles. The summed E-state index contributed by atoms with van der Waals surface area (Å²) in [6.07, 6.45) is 3.35. The fourth-order valence-corrected chi connectivity index (χ4v) is 2.66. The van der Waals surface area contributed by atoms with Crippen molar-refractivity contribution in [2.45, 2.75) is 39.3 Å². The Morgan fingerprint density at radius 3 is 2.67 bits per heavy atom. The molecule has 0 aliphatic heterocycles. The fraction of sp³-hybridized carbons (Fsp3) is 0.600. The molecule has 0 spiro atoms. The molecular formula is C15H25NOS. The molecule has 18 heavy (non-hydrogen) atoms. The van der Waals surface area contributed by atoms with E-state index >= 15 is 0 Å². The number of aryl methyl sites for hydroxylation is 1. The average molecular weight is 267 g/mol. The van der Waals surface area contributed by atoms with Gasteiger partial charge < -0.3 is 10.1 Å². The molecule has 1 N–H and O–H groups in total. The van der Waals surface area contributed by atoms with E-state index in [0.717, 1.165) is 5.75 Å². The van der Waals surface area contributed by atoms with Crippen molar-refractivity contribution in [2.24, 2.45) is 0 Å². The predicted octanol–water partition coefficient (Wildman–Crippen LogP) is 3.80. The van der Waals surface area contributed by atoms with Crippen LogP contribution < -0.4 is 10.1 Å². The predicted molar refractivity (Wildman–Crippen MR) is 81.7 cm³/mol. The first-order valence-corrected chi connectivity index (χ1v) is 7.87. The summed E-state index contributed by atoms with van der Waals surface area (Å²) >= 11 is 1.90. The van der Waals surface area contributed by atoms with E-state index in [1.165, 1.54) is 23.3 Å². The van der Waals surface area contributed by atoms with Crippen LogP contribution in [0.4, 0.5) is 0 Å². The molecule has 2 nitrogen and oxygen atoms in total. The lowest BCUT2D eigenvalue weighted by atomic mass is 10.0. The van der Waals surface area contributed by atoms with Crippen LogP contribution in [0.5, 0.6) is 5.75 Å². The minimum absolute atomic E-state index is 0.317. The van der Waals surface area contributed by atoms with Gasteiger partial charge in [0.2, 0.25) is 0 Å². The van der Waals surface area contributed by atoms with Gasteiger partial charge in [-0.2, -0.15) is 11.8 Å². The van der Waals surface area contributed by atoms with Crippen LogP contribution in [-0.2, 0) is 0 Å². The van der Waals surface area contributed by atoms with Crippen LogP contribution in [0.2, 0.25) is 0 Å². The Hall–Kier alpha value is -0.670. The average Bonchev–Trinajstić information content (AvgIpc) is 2.35. The van der Waals surface area contributed by atoms with Crippen LogP contribution in [0.15, 0.2) is 18.2 Å². The lowest BCUT2D eigenvalue weighted by Crippen LogP contribution is -2.29. The second kappa shape index (κ2) is 7.70. The van der Waals surface area contributed by atoms with E-state index in [-0.39, 0.29) is 0 Å². The molecule has 1 aromatic carbocycles. The molecule has 1 aromatic rings. The first-order chi connectivity index (χ1) is 8.58. The van der Waals surface area contributed by atoms with Crippen LogP contribution in [-0.4, -0.2) is 25.2 Å². The van der Waals surface area contributed by atoms with Gasteiger partial charge in [-0.25, -0.2) is 0 Å². The SMILES string of the molecule is COc1cc(C)ccc1C(C)NC(C)CCSC. The smallest absolute Gasteiger partial charge is 0.123 e.